The van der Waals surface area contributed by atoms with Crippen LogP contribution < -0.4 is 5.32 Å². The average Bonchev–Trinajstić information content (AvgIpc) is 3.45. The van der Waals surface area contributed by atoms with E-state index in [9.17, 15) is 22.8 Å². The number of imidazole rings is 1. The largest absolute Gasteiger partial charge is 0.453 e. The van der Waals surface area contributed by atoms with Gasteiger partial charge in [-0.3, -0.25) is 9.69 Å². The molecule has 1 N–H and O–H groups in total. The standard InChI is InChI=1S/C29H36F3N5O3/c1-18-33-22-9-12-35(26(38)16-29(30,31)32)17-23(22)37(18)20-14-25-28(15-20)11-8-24(28)36(25)13-10-21(34-27(39)40-2)19-6-4-3-5-7-19/h3-7,20-21,24-25H,8-17H2,1-2H3,(H,34,39)/t20?,21-,24?,25?,28?/m0/s1. The van der Waals surface area contributed by atoms with E-state index in [0.29, 0.717) is 18.5 Å². The number of amides is 2. The molecule has 2 amide bonds. The third kappa shape index (κ3) is 4.65. The number of likely N-dealkylation sites (tertiary alicyclic amines) is 1. The molecule has 40 heavy (non-hydrogen) atoms. The first-order valence-corrected chi connectivity index (χ1v) is 14.2. The van der Waals surface area contributed by atoms with Crippen LogP contribution in [0.2, 0.25) is 0 Å². The number of carbonyl (C=O) groups excluding carboxylic acids is 2. The van der Waals surface area contributed by atoms with E-state index in [1.807, 2.05) is 37.3 Å². The molecule has 2 aliphatic heterocycles. The van der Waals surface area contributed by atoms with E-state index in [2.05, 4.69) is 14.8 Å². The molecule has 216 valence electrons. The van der Waals surface area contributed by atoms with Crippen molar-refractivity contribution in [3.05, 3.63) is 53.1 Å². The molecule has 11 heteroatoms. The number of aromatic nitrogens is 2. The molecule has 0 radical (unpaired) electrons. The van der Waals surface area contributed by atoms with E-state index in [0.717, 1.165) is 55.0 Å². The fourth-order valence-electron chi connectivity index (χ4n) is 8.01. The van der Waals surface area contributed by atoms with Crippen LogP contribution in [0.25, 0.3) is 0 Å². The van der Waals surface area contributed by atoms with E-state index in [4.69, 9.17) is 9.72 Å². The quantitative estimate of drug-likeness (QED) is 0.533. The van der Waals surface area contributed by atoms with Crippen LogP contribution in [0.5, 0.6) is 0 Å². The Labute approximate surface area is 231 Å². The van der Waals surface area contributed by atoms with E-state index < -0.39 is 24.6 Å². The van der Waals surface area contributed by atoms with Gasteiger partial charge in [-0.1, -0.05) is 30.3 Å². The number of aryl methyl sites for hydroxylation is 1. The number of methoxy groups -OCH3 is 1. The number of carbonyl (C=O) groups is 2. The van der Waals surface area contributed by atoms with Gasteiger partial charge in [0.05, 0.1) is 31.1 Å². The van der Waals surface area contributed by atoms with Crippen LogP contribution in [0, 0.1) is 12.3 Å². The van der Waals surface area contributed by atoms with Crippen LogP contribution in [-0.4, -0.2) is 69.8 Å². The van der Waals surface area contributed by atoms with Crippen molar-refractivity contribution in [2.24, 2.45) is 5.41 Å². The topological polar surface area (TPSA) is 79.7 Å². The SMILES string of the molecule is COC(=O)N[C@@H](CCN1C2CCC23CC(n2c(C)nc4c2CN(C(=O)CC(F)(F)F)CC4)CC13)c1ccccc1. The summed E-state index contributed by atoms with van der Waals surface area (Å²) < 4.78 is 45.8. The van der Waals surface area contributed by atoms with Gasteiger partial charge >= 0.3 is 12.3 Å². The normalized spacial score (nSPS) is 28.0. The maximum absolute atomic E-state index is 12.9. The van der Waals surface area contributed by atoms with Crippen LogP contribution in [0.15, 0.2) is 30.3 Å². The predicted octanol–water partition coefficient (Wildman–Crippen LogP) is 4.68. The number of hydrogen-bond acceptors (Lipinski definition) is 5. The highest BCUT2D eigenvalue weighted by molar-refractivity contribution is 5.77. The Hall–Kier alpha value is -3.08. The highest BCUT2D eigenvalue weighted by Gasteiger charge is 2.69. The zero-order valence-electron chi connectivity index (χ0n) is 22.9. The molecule has 2 saturated carbocycles. The molecule has 1 spiro atoms. The number of ether oxygens (including phenoxy) is 1. The van der Waals surface area contributed by atoms with E-state index in [-0.39, 0.29) is 30.6 Å². The summed E-state index contributed by atoms with van der Waals surface area (Å²) >= 11 is 0. The molecule has 0 bridgehead atoms. The summed E-state index contributed by atoms with van der Waals surface area (Å²) in [5.41, 5.74) is 3.12. The Balaban J connectivity index is 1.16. The van der Waals surface area contributed by atoms with Crippen molar-refractivity contribution >= 4 is 12.0 Å². The second-order valence-corrected chi connectivity index (χ2v) is 11.8. The zero-order valence-corrected chi connectivity index (χ0v) is 22.9. The number of nitrogens with one attached hydrogen (secondary N) is 1. The molecule has 4 unspecified atom stereocenters. The van der Waals surface area contributed by atoms with Gasteiger partial charge in [0.25, 0.3) is 0 Å². The number of nitrogens with zero attached hydrogens (tertiary/aromatic N) is 4. The molecule has 1 aromatic heterocycles. The molecule has 2 aliphatic carbocycles. The lowest BCUT2D eigenvalue weighted by molar-refractivity contribution is -0.188. The minimum absolute atomic E-state index is 0.149. The van der Waals surface area contributed by atoms with Gasteiger partial charge in [-0.15, -0.1) is 0 Å². The summed E-state index contributed by atoms with van der Waals surface area (Å²) in [5.74, 6) is 0.0130. The molecule has 3 fully saturated rings. The molecule has 5 atom stereocenters. The number of halogens is 3. The minimum Gasteiger partial charge on any atom is -0.453 e. The van der Waals surface area contributed by atoms with Crippen LogP contribution in [-0.2, 0) is 22.5 Å². The van der Waals surface area contributed by atoms with Crippen LogP contribution in [0.4, 0.5) is 18.0 Å². The van der Waals surface area contributed by atoms with Crippen molar-refractivity contribution in [2.45, 2.75) is 88.8 Å². The van der Waals surface area contributed by atoms with Gasteiger partial charge in [0.15, 0.2) is 0 Å². The lowest BCUT2D eigenvalue weighted by atomic mass is 9.53. The fourth-order valence-corrected chi connectivity index (χ4v) is 8.01. The van der Waals surface area contributed by atoms with Crippen molar-refractivity contribution in [1.82, 2.24) is 24.7 Å². The van der Waals surface area contributed by atoms with Crippen molar-refractivity contribution < 1.29 is 27.5 Å². The van der Waals surface area contributed by atoms with E-state index in [1.54, 1.807) is 0 Å². The van der Waals surface area contributed by atoms with Crippen LogP contribution >= 0.6 is 0 Å². The first-order valence-electron chi connectivity index (χ1n) is 14.2. The fraction of sp³-hybridized carbons (Fsp3) is 0.621. The molecule has 1 saturated heterocycles. The molecular weight excluding hydrogens is 523 g/mol. The summed E-state index contributed by atoms with van der Waals surface area (Å²) in [6.45, 7) is 3.28. The Morgan fingerprint density at radius 1 is 1.23 bits per heavy atom. The van der Waals surface area contributed by atoms with Crippen molar-refractivity contribution in [3.63, 3.8) is 0 Å². The third-order valence-corrected chi connectivity index (χ3v) is 9.78. The van der Waals surface area contributed by atoms with Gasteiger partial charge in [0.1, 0.15) is 12.2 Å². The molecule has 3 heterocycles. The van der Waals surface area contributed by atoms with Gasteiger partial charge in [0.2, 0.25) is 5.91 Å². The van der Waals surface area contributed by atoms with Crippen LogP contribution in [0.1, 0.15) is 73.4 Å². The van der Waals surface area contributed by atoms with Gasteiger partial charge in [0, 0.05) is 43.1 Å². The number of fused-ring (bicyclic) bond motifs is 1. The second kappa shape index (κ2) is 10.1. The monoisotopic (exact) mass is 559 g/mol. The minimum atomic E-state index is -4.51. The van der Waals surface area contributed by atoms with Crippen LogP contribution in [0.3, 0.4) is 0 Å². The number of alkyl carbamates (subject to hydrolysis) is 1. The number of rotatable bonds is 7. The molecule has 6 rings (SSSR count). The number of benzene rings is 1. The average molecular weight is 560 g/mol. The van der Waals surface area contributed by atoms with Crippen molar-refractivity contribution in [1.29, 1.82) is 0 Å². The first-order chi connectivity index (χ1) is 19.1. The summed E-state index contributed by atoms with van der Waals surface area (Å²) in [6.07, 6.45) is -0.798. The number of piperidine rings is 1. The van der Waals surface area contributed by atoms with Gasteiger partial charge in [-0.05, 0) is 44.6 Å². The van der Waals surface area contributed by atoms with Gasteiger partial charge < -0.3 is 19.5 Å². The smallest absolute Gasteiger partial charge is 0.407 e. The lowest BCUT2D eigenvalue weighted by Gasteiger charge is -2.68. The van der Waals surface area contributed by atoms with E-state index in [1.165, 1.54) is 18.4 Å². The third-order valence-electron chi connectivity index (χ3n) is 9.78. The Morgan fingerprint density at radius 2 is 2.00 bits per heavy atom. The predicted molar refractivity (Wildman–Crippen MR) is 140 cm³/mol. The maximum atomic E-state index is 12.9. The summed E-state index contributed by atoms with van der Waals surface area (Å²) in [7, 11) is 1.37. The number of alkyl halides is 3. The van der Waals surface area contributed by atoms with Crippen molar-refractivity contribution in [2.75, 3.05) is 20.2 Å². The maximum Gasteiger partial charge on any atom is 0.407 e. The molecule has 8 nitrogen and oxygen atoms in total. The Bertz CT molecular complexity index is 1280. The highest BCUT2D eigenvalue weighted by Crippen LogP contribution is 2.67. The van der Waals surface area contributed by atoms with E-state index >= 15 is 0 Å². The Morgan fingerprint density at radius 3 is 2.67 bits per heavy atom. The summed E-state index contributed by atoms with van der Waals surface area (Å²) in [5, 5.41) is 2.99. The second-order valence-electron chi connectivity index (χ2n) is 11.8. The van der Waals surface area contributed by atoms with Crippen molar-refractivity contribution in [3.8, 4) is 0 Å². The summed E-state index contributed by atoms with van der Waals surface area (Å²) in [4.78, 5) is 33.1. The summed E-state index contributed by atoms with van der Waals surface area (Å²) in [6, 6.07) is 10.9. The molecule has 4 aliphatic rings. The first kappa shape index (κ1) is 27.1. The Kier molecular flexibility index (Phi) is 6.83. The molecular formula is C29H36F3N5O3. The number of hydrogen-bond donors (Lipinski definition) is 1. The highest BCUT2D eigenvalue weighted by atomic mass is 19.4. The zero-order chi connectivity index (χ0) is 28.2. The van der Waals surface area contributed by atoms with Gasteiger partial charge in [-0.25, -0.2) is 9.78 Å². The molecule has 1 aromatic carbocycles. The molecule has 2 aromatic rings. The lowest BCUT2D eigenvalue weighted by Crippen LogP contribution is -2.74. The van der Waals surface area contributed by atoms with Gasteiger partial charge in [-0.2, -0.15) is 13.2 Å².